The van der Waals surface area contributed by atoms with Crippen molar-refractivity contribution < 1.29 is 14.3 Å². The Bertz CT molecular complexity index is 648. The lowest BCUT2D eigenvalue weighted by Gasteiger charge is -2.24. The van der Waals surface area contributed by atoms with E-state index in [2.05, 4.69) is 5.32 Å². The number of carbonyl (C=O) groups excluding carboxylic acids is 2. The molecule has 1 aliphatic heterocycles. The van der Waals surface area contributed by atoms with Gasteiger partial charge >= 0.3 is 0 Å². The molecule has 0 atom stereocenters. The molecule has 1 saturated carbocycles. The lowest BCUT2D eigenvalue weighted by molar-refractivity contribution is -0.127. The summed E-state index contributed by atoms with van der Waals surface area (Å²) in [5, 5.41) is 3.01. The number of amides is 2. The highest BCUT2D eigenvalue weighted by atomic mass is 16.5. The molecular formula is C19H26N2O3. The van der Waals surface area contributed by atoms with Crippen LogP contribution in [-0.2, 0) is 9.59 Å². The van der Waals surface area contributed by atoms with E-state index in [1.807, 2.05) is 32.0 Å². The van der Waals surface area contributed by atoms with Gasteiger partial charge < -0.3 is 15.0 Å². The molecule has 0 radical (unpaired) electrons. The van der Waals surface area contributed by atoms with Crippen LogP contribution in [0.4, 0.5) is 11.4 Å². The fourth-order valence-corrected chi connectivity index (χ4v) is 3.48. The van der Waals surface area contributed by atoms with Crippen molar-refractivity contribution in [2.75, 3.05) is 23.9 Å². The van der Waals surface area contributed by atoms with Crippen LogP contribution in [0.25, 0.3) is 0 Å². The zero-order valence-corrected chi connectivity index (χ0v) is 14.7. The molecule has 1 heterocycles. The van der Waals surface area contributed by atoms with E-state index in [1.165, 1.54) is 6.42 Å². The van der Waals surface area contributed by atoms with Gasteiger partial charge in [0.1, 0.15) is 12.4 Å². The third-order valence-electron chi connectivity index (χ3n) is 5.04. The van der Waals surface area contributed by atoms with E-state index in [4.69, 9.17) is 4.74 Å². The first-order valence-corrected chi connectivity index (χ1v) is 8.74. The molecule has 1 fully saturated rings. The Morgan fingerprint density at radius 1 is 1.25 bits per heavy atom. The number of hydrogen-bond acceptors (Lipinski definition) is 3. The number of fused-ring (bicyclic) bond motifs is 1. The van der Waals surface area contributed by atoms with Gasteiger partial charge in [-0.15, -0.1) is 0 Å². The summed E-state index contributed by atoms with van der Waals surface area (Å²) in [6, 6.07) is 5.50. The Hall–Kier alpha value is -2.04. The van der Waals surface area contributed by atoms with Crippen LogP contribution in [0.5, 0.6) is 5.75 Å². The van der Waals surface area contributed by atoms with Crippen LogP contribution in [0.2, 0.25) is 0 Å². The third-order valence-corrected chi connectivity index (χ3v) is 5.04. The molecular weight excluding hydrogens is 304 g/mol. The predicted molar refractivity (Wildman–Crippen MR) is 94.3 cm³/mol. The van der Waals surface area contributed by atoms with Gasteiger partial charge in [-0.1, -0.05) is 19.3 Å². The molecule has 0 unspecified atom stereocenters. The summed E-state index contributed by atoms with van der Waals surface area (Å²) in [6.45, 7) is 4.08. The summed E-state index contributed by atoms with van der Waals surface area (Å²) < 4.78 is 5.86. The first kappa shape index (κ1) is 16.8. The Balaban J connectivity index is 1.78. The van der Waals surface area contributed by atoms with Crippen molar-refractivity contribution in [2.45, 2.75) is 46.0 Å². The van der Waals surface area contributed by atoms with Crippen LogP contribution >= 0.6 is 0 Å². The van der Waals surface area contributed by atoms with Gasteiger partial charge in [-0.2, -0.15) is 0 Å². The second kappa shape index (κ2) is 6.46. The Kier molecular flexibility index (Phi) is 4.52. The maximum atomic E-state index is 12.5. The van der Waals surface area contributed by atoms with Crippen molar-refractivity contribution in [1.29, 1.82) is 0 Å². The maximum absolute atomic E-state index is 12.5. The minimum atomic E-state index is -0.570. The summed E-state index contributed by atoms with van der Waals surface area (Å²) in [5.74, 6) is 0.868. The quantitative estimate of drug-likeness (QED) is 0.901. The molecule has 2 aliphatic rings. The van der Waals surface area contributed by atoms with Crippen molar-refractivity contribution in [3.8, 4) is 5.75 Å². The topological polar surface area (TPSA) is 58.6 Å². The molecule has 5 heteroatoms. The SMILES string of the molecule is CN1C(=O)C(C)(C)COc2cc(NC(=O)C3CCCCC3)ccc21. The van der Waals surface area contributed by atoms with E-state index in [1.54, 1.807) is 11.9 Å². The van der Waals surface area contributed by atoms with E-state index in [9.17, 15) is 9.59 Å². The standard InChI is InChI=1S/C19H26N2O3/c1-19(2)12-24-16-11-14(9-10-15(16)21(3)18(19)23)20-17(22)13-7-5-4-6-8-13/h9-11,13H,4-8,12H2,1-3H3,(H,20,22). The van der Waals surface area contributed by atoms with Crippen molar-refractivity contribution in [2.24, 2.45) is 11.3 Å². The minimum Gasteiger partial charge on any atom is -0.490 e. The normalized spacial score (nSPS) is 20.8. The van der Waals surface area contributed by atoms with Gasteiger partial charge in [0.15, 0.2) is 0 Å². The molecule has 0 spiro atoms. The third kappa shape index (κ3) is 3.25. The zero-order valence-electron chi connectivity index (χ0n) is 14.7. The molecule has 24 heavy (non-hydrogen) atoms. The summed E-state index contributed by atoms with van der Waals surface area (Å²) >= 11 is 0. The molecule has 0 bridgehead atoms. The molecule has 1 aliphatic carbocycles. The number of nitrogens with zero attached hydrogens (tertiary/aromatic N) is 1. The number of anilines is 2. The molecule has 0 aromatic heterocycles. The molecule has 3 rings (SSSR count). The number of hydrogen-bond donors (Lipinski definition) is 1. The maximum Gasteiger partial charge on any atom is 0.235 e. The highest BCUT2D eigenvalue weighted by molar-refractivity contribution is 5.99. The molecule has 130 valence electrons. The van der Waals surface area contributed by atoms with Gasteiger partial charge in [0.05, 0.1) is 11.1 Å². The van der Waals surface area contributed by atoms with Crippen LogP contribution in [0.1, 0.15) is 46.0 Å². The highest BCUT2D eigenvalue weighted by Crippen LogP contribution is 2.37. The van der Waals surface area contributed by atoms with E-state index < -0.39 is 5.41 Å². The second-order valence-corrected chi connectivity index (χ2v) is 7.54. The van der Waals surface area contributed by atoms with Gasteiger partial charge in [-0.25, -0.2) is 0 Å². The zero-order chi connectivity index (χ0) is 17.3. The van der Waals surface area contributed by atoms with Crippen LogP contribution in [0.3, 0.4) is 0 Å². The monoisotopic (exact) mass is 330 g/mol. The number of rotatable bonds is 2. The Morgan fingerprint density at radius 2 is 1.96 bits per heavy atom. The largest absolute Gasteiger partial charge is 0.490 e. The summed E-state index contributed by atoms with van der Waals surface area (Å²) in [6.07, 6.45) is 5.44. The molecule has 1 aromatic rings. The summed E-state index contributed by atoms with van der Waals surface area (Å²) in [4.78, 5) is 26.5. The lowest BCUT2D eigenvalue weighted by Crippen LogP contribution is -2.39. The Labute approximate surface area is 143 Å². The van der Waals surface area contributed by atoms with Gasteiger partial charge in [-0.05, 0) is 38.8 Å². The number of carbonyl (C=O) groups is 2. The summed E-state index contributed by atoms with van der Waals surface area (Å²) in [7, 11) is 1.76. The van der Waals surface area contributed by atoms with E-state index >= 15 is 0 Å². The number of benzene rings is 1. The smallest absolute Gasteiger partial charge is 0.235 e. The second-order valence-electron chi connectivity index (χ2n) is 7.54. The van der Waals surface area contributed by atoms with Gasteiger partial charge in [-0.3, -0.25) is 9.59 Å². The minimum absolute atomic E-state index is 0.0280. The molecule has 1 N–H and O–H groups in total. The van der Waals surface area contributed by atoms with Crippen LogP contribution < -0.4 is 15.0 Å². The van der Waals surface area contributed by atoms with Gasteiger partial charge in [0, 0.05) is 24.7 Å². The fraction of sp³-hybridized carbons (Fsp3) is 0.579. The fourth-order valence-electron chi connectivity index (χ4n) is 3.48. The number of ether oxygens (including phenoxy) is 1. The van der Waals surface area contributed by atoms with Crippen molar-refractivity contribution in [3.05, 3.63) is 18.2 Å². The van der Waals surface area contributed by atoms with Crippen molar-refractivity contribution in [3.63, 3.8) is 0 Å². The van der Waals surface area contributed by atoms with Gasteiger partial charge in [0.2, 0.25) is 11.8 Å². The molecule has 0 saturated heterocycles. The van der Waals surface area contributed by atoms with Crippen molar-refractivity contribution in [1.82, 2.24) is 0 Å². The predicted octanol–water partition coefficient (Wildman–Crippen LogP) is 3.59. The van der Waals surface area contributed by atoms with E-state index in [0.29, 0.717) is 12.4 Å². The molecule has 5 nitrogen and oxygen atoms in total. The van der Waals surface area contributed by atoms with Crippen LogP contribution in [0.15, 0.2) is 18.2 Å². The van der Waals surface area contributed by atoms with E-state index in [0.717, 1.165) is 37.1 Å². The molecule has 2 amide bonds. The van der Waals surface area contributed by atoms with Crippen LogP contribution in [0, 0.1) is 11.3 Å². The Morgan fingerprint density at radius 3 is 2.67 bits per heavy atom. The van der Waals surface area contributed by atoms with Crippen molar-refractivity contribution >= 4 is 23.2 Å². The first-order valence-electron chi connectivity index (χ1n) is 8.74. The summed E-state index contributed by atoms with van der Waals surface area (Å²) in [5.41, 5.74) is 0.894. The average molecular weight is 330 g/mol. The lowest BCUT2D eigenvalue weighted by atomic mass is 9.88. The highest BCUT2D eigenvalue weighted by Gasteiger charge is 2.36. The first-order chi connectivity index (χ1) is 11.4. The van der Waals surface area contributed by atoms with E-state index in [-0.39, 0.29) is 17.7 Å². The van der Waals surface area contributed by atoms with Gasteiger partial charge in [0.25, 0.3) is 0 Å². The van der Waals surface area contributed by atoms with Crippen LogP contribution in [-0.4, -0.2) is 25.5 Å². The number of nitrogens with one attached hydrogen (secondary N) is 1. The average Bonchev–Trinajstić information content (AvgIpc) is 2.66. The molecule has 1 aromatic carbocycles.